The molecular weight excluding hydrogens is 218 g/mol. The van der Waals surface area contributed by atoms with Crippen LogP contribution in [-0.4, -0.2) is 24.3 Å². The molecule has 1 saturated heterocycles. The minimum absolute atomic E-state index is 0.0262. The third kappa shape index (κ3) is 2.84. The zero-order valence-corrected chi connectivity index (χ0v) is 9.63. The molecule has 4 heteroatoms. The summed E-state index contributed by atoms with van der Waals surface area (Å²) in [5.74, 6) is -0.476. The van der Waals surface area contributed by atoms with Crippen molar-refractivity contribution in [3.05, 3.63) is 35.4 Å². The maximum Gasteiger partial charge on any atom is 0.335 e. The van der Waals surface area contributed by atoms with Gasteiger partial charge in [0.15, 0.2) is 0 Å². The van der Waals surface area contributed by atoms with Gasteiger partial charge in [-0.3, -0.25) is 0 Å². The van der Waals surface area contributed by atoms with Crippen molar-refractivity contribution in [3.8, 4) is 0 Å². The van der Waals surface area contributed by atoms with Crippen molar-refractivity contribution in [3.63, 3.8) is 0 Å². The minimum Gasteiger partial charge on any atom is -0.478 e. The van der Waals surface area contributed by atoms with Crippen molar-refractivity contribution in [2.24, 2.45) is 11.7 Å². The van der Waals surface area contributed by atoms with Crippen LogP contribution in [0.2, 0.25) is 0 Å². The molecule has 1 aliphatic rings. The summed E-state index contributed by atoms with van der Waals surface area (Å²) in [5.41, 5.74) is 7.49. The van der Waals surface area contributed by atoms with Crippen LogP contribution in [0.3, 0.4) is 0 Å². The van der Waals surface area contributed by atoms with E-state index in [9.17, 15) is 4.79 Å². The average molecular weight is 235 g/mol. The van der Waals surface area contributed by atoms with Gasteiger partial charge in [0.1, 0.15) is 0 Å². The van der Waals surface area contributed by atoms with Crippen molar-refractivity contribution in [2.45, 2.75) is 18.9 Å². The Morgan fingerprint density at radius 1 is 1.29 bits per heavy atom. The van der Waals surface area contributed by atoms with E-state index < -0.39 is 5.97 Å². The molecule has 0 aromatic heterocycles. The predicted molar refractivity (Wildman–Crippen MR) is 63.9 cm³/mol. The molecule has 4 nitrogen and oxygen atoms in total. The van der Waals surface area contributed by atoms with Gasteiger partial charge in [0.25, 0.3) is 0 Å². The molecule has 0 amide bonds. The molecule has 0 radical (unpaired) electrons. The maximum atomic E-state index is 10.7. The number of benzene rings is 1. The number of nitrogens with two attached hydrogens (primary N) is 1. The third-order valence-electron chi connectivity index (χ3n) is 3.32. The fourth-order valence-electron chi connectivity index (χ4n) is 2.20. The number of rotatable bonds is 3. The van der Waals surface area contributed by atoms with Gasteiger partial charge < -0.3 is 15.6 Å². The standard InChI is InChI=1S/C13H17NO3/c14-12(10-5-7-17-8-6-10)9-1-3-11(4-2-9)13(15)16/h1-4,10,12H,5-8,14H2,(H,15,16)/t12-/m1/s1. The van der Waals surface area contributed by atoms with Crippen LogP contribution >= 0.6 is 0 Å². The van der Waals surface area contributed by atoms with Gasteiger partial charge in [-0.25, -0.2) is 4.79 Å². The Balaban J connectivity index is 2.07. The maximum absolute atomic E-state index is 10.7. The molecule has 1 fully saturated rings. The van der Waals surface area contributed by atoms with E-state index in [0.717, 1.165) is 31.6 Å². The molecule has 17 heavy (non-hydrogen) atoms. The number of carboxylic acid groups (broad SMARTS) is 1. The Morgan fingerprint density at radius 3 is 2.41 bits per heavy atom. The molecule has 92 valence electrons. The highest BCUT2D eigenvalue weighted by Gasteiger charge is 2.22. The monoisotopic (exact) mass is 235 g/mol. The summed E-state index contributed by atoms with van der Waals surface area (Å²) in [6.45, 7) is 1.54. The summed E-state index contributed by atoms with van der Waals surface area (Å²) in [5, 5.41) is 8.82. The van der Waals surface area contributed by atoms with Crippen LogP contribution in [-0.2, 0) is 4.74 Å². The normalized spacial score (nSPS) is 18.9. The van der Waals surface area contributed by atoms with Crippen LogP contribution in [0, 0.1) is 5.92 Å². The molecule has 1 atom stereocenters. The van der Waals surface area contributed by atoms with E-state index in [2.05, 4.69) is 0 Å². The molecular formula is C13H17NO3. The molecule has 1 aromatic carbocycles. The number of hydrogen-bond donors (Lipinski definition) is 2. The number of hydrogen-bond acceptors (Lipinski definition) is 3. The first kappa shape index (κ1) is 12.1. The van der Waals surface area contributed by atoms with Crippen molar-refractivity contribution >= 4 is 5.97 Å². The molecule has 0 unspecified atom stereocenters. The zero-order chi connectivity index (χ0) is 12.3. The second kappa shape index (κ2) is 5.29. The van der Waals surface area contributed by atoms with Crippen molar-refractivity contribution < 1.29 is 14.6 Å². The molecule has 0 aliphatic carbocycles. The number of carboxylic acids is 1. The summed E-state index contributed by atoms with van der Waals surface area (Å²) in [7, 11) is 0. The summed E-state index contributed by atoms with van der Waals surface area (Å²) >= 11 is 0. The second-order valence-electron chi connectivity index (χ2n) is 4.40. The van der Waals surface area contributed by atoms with E-state index in [-0.39, 0.29) is 6.04 Å². The predicted octanol–water partition coefficient (Wildman–Crippen LogP) is 1.81. The minimum atomic E-state index is -0.906. The van der Waals surface area contributed by atoms with E-state index in [1.54, 1.807) is 12.1 Å². The van der Waals surface area contributed by atoms with Crippen LogP contribution in [0.1, 0.15) is 34.8 Å². The van der Waals surface area contributed by atoms with E-state index in [1.165, 1.54) is 0 Å². The Kier molecular flexibility index (Phi) is 3.76. The van der Waals surface area contributed by atoms with E-state index in [1.807, 2.05) is 12.1 Å². The highest BCUT2D eigenvalue weighted by atomic mass is 16.5. The van der Waals surface area contributed by atoms with Gasteiger partial charge in [0.05, 0.1) is 5.56 Å². The third-order valence-corrected chi connectivity index (χ3v) is 3.32. The summed E-state index contributed by atoms with van der Waals surface area (Å²) in [4.78, 5) is 10.7. The van der Waals surface area contributed by atoms with Gasteiger partial charge in [-0.2, -0.15) is 0 Å². The highest BCUT2D eigenvalue weighted by Crippen LogP contribution is 2.28. The first-order chi connectivity index (χ1) is 8.18. The van der Waals surface area contributed by atoms with Gasteiger partial charge in [-0.15, -0.1) is 0 Å². The first-order valence-corrected chi connectivity index (χ1v) is 5.85. The van der Waals surface area contributed by atoms with Gasteiger partial charge in [-0.05, 0) is 36.5 Å². The van der Waals surface area contributed by atoms with E-state index >= 15 is 0 Å². The first-order valence-electron chi connectivity index (χ1n) is 5.85. The Morgan fingerprint density at radius 2 is 1.88 bits per heavy atom. The van der Waals surface area contributed by atoms with Crippen molar-refractivity contribution in [2.75, 3.05) is 13.2 Å². The van der Waals surface area contributed by atoms with Crippen LogP contribution in [0.25, 0.3) is 0 Å². The topological polar surface area (TPSA) is 72.6 Å². The summed E-state index contributed by atoms with van der Waals surface area (Å²) < 4.78 is 5.30. The lowest BCUT2D eigenvalue weighted by molar-refractivity contribution is 0.0584. The molecule has 0 saturated carbocycles. The van der Waals surface area contributed by atoms with E-state index in [4.69, 9.17) is 15.6 Å². The van der Waals surface area contributed by atoms with Crippen LogP contribution in [0.4, 0.5) is 0 Å². The average Bonchev–Trinajstić information content (AvgIpc) is 2.39. The fraction of sp³-hybridized carbons (Fsp3) is 0.462. The molecule has 3 N–H and O–H groups in total. The fourth-order valence-corrected chi connectivity index (χ4v) is 2.20. The number of aromatic carboxylic acids is 1. The Hall–Kier alpha value is -1.39. The van der Waals surface area contributed by atoms with Gasteiger partial charge in [0, 0.05) is 19.3 Å². The largest absolute Gasteiger partial charge is 0.478 e. The Labute approximate surface area is 100 Å². The van der Waals surface area contributed by atoms with Gasteiger partial charge in [-0.1, -0.05) is 12.1 Å². The molecule has 2 rings (SSSR count). The van der Waals surface area contributed by atoms with Crippen molar-refractivity contribution in [1.82, 2.24) is 0 Å². The van der Waals surface area contributed by atoms with Gasteiger partial charge >= 0.3 is 5.97 Å². The lowest BCUT2D eigenvalue weighted by Gasteiger charge is -2.27. The zero-order valence-electron chi connectivity index (χ0n) is 9.63. The quantitative estimate of drug-likeness (QED) is 0.838. The van der Waals surface area contributed by atoms with Crippen LogP contribution in [0.15, 0.2) is 24.3 Å². The SMILES string of the molecule is N[C@H](c1ccc(C(=O)O)cc1)C1CCOCC1. The number of ether oxygens (including phenoxy) is 1. The second-order valence-corrected chi connectivity index (χ2v) is 4.40. The molecule has 0 spiro atoms. The molecule has 1 aliphatic heterocycles. The molecule has 1 heterocycles. The van der Waals surface area contributed by atoms with Gasteiger partial charge in [0.2, 0.25) is 0 Å². The lowest BCUT2D eigenvalue weighted by Crippen LogP contribution is -2.27. The Bertz CT molecular complexity index is 382. The summed E-state index contributed by atoms with van der Waals surface area (Å²) in [6, 6.07) is 6.81. The van der Waals surface area contributed by atoms with Crippen LogP contribution in [0.5, 0.6) is 0 Å². The summed E-state index contributed by atoms with van der Waals surface area (Å²) in [6.07, 6.45) is 1.95. The van der Waals surface area contributed by atoms with Crippen LogP contribution < -0.4 is 5.73 Å². The number of carbonyl (C=O) groups is 1. The molecule has 1 aromatic rings. The smallest absolute Gasteiger partial charge is 0.335 e. The lowest BCUT2D eigenvalue weighted by atomic mass is 9.87. The highest BCUT2D eigenvalue weighted by molar-refractivity contribution is 5.87. The van der Waals surface area contributed by atoms with E-state index in [0.29, 0.717) is 11.5 Å². The molecule has 0 bridgehead atoms. The van der Waals surface area contributed by atoms with Crippen molar-refractivity contribution in [1.29, 1.82) is 0 Å².